The number of hydrogen-bond donors (Lipinski definition) is 1. The second kappa shape index (κ2) is 5.81. The van der Waals surface area contributed by atoms with Gasteiger partial charge in [0.1, 0.15) is 0 Å². The highest BCUT2D eigenvalue weighted by molar-refractivity contribution is 9.10. The van der Waals surface area contributed by atoms with Crippen molar-refractivity contribution in [3.05, 3.63) is 28.2 Å². The highest BCUT2D eigenvalue weighted by Gasteiger charge is 2.23. The van der Waals surface area contributed by atoms with E-state index in [0.29, 0.717) is 17.6 Å². The van der Waals surface area contributed by atoms with Gasteiger partial charge in [0.05, 0.1) is 10.5 Å². The second-order valence-corrected chi connectivity index (χ2v) is 6.33. The lowest BCUT2D eigenvalue weighted by Gasteiger charge is -2.18. The SMILES string of the molecule is CCN(CC)S(=O)(=O)c1ccc(Br)c(C(=O)O)c1. The van der Waals surface area contributed by atoms with Crippen LogP contribution in [-0.4, -0.2) is 36.9 Å². The molecule has 0 saturated carbocycles. The van der Waals surface area contributed by atoms with Crippen molar-refractivity contribution in [2.45, 2.75) is 18.7 Å². The van der Waals surface area contributed by atoms with Crippen LogP contribution < -0.4 is 0 Å². The van der Waals surface area contributed by atoms with Crippen molar-refractivity contribution in [1.29, 1.82) is 0 Å². The fourth-order valence-corrected chi connectivity index (χ4v) is 3.44. The van der Waals surface area contributed by atoms with Gasteiger partial charge >= 0.3 is 5.97 Å². The molecule has 7 heteroatoms. The van der Waals surface area contributed by atoms with Crippen molar-refractivity contribution >= 4 is 31.9 Å². The summed E-state index contributed by atoms with van der Waals surface area (Å²) in [4.78, 5) is 11.0. The summed E-state index contributed by atoms with van der Waals surface area (Å²) < 4.78 is 26.0. The van der Waals surface area contributed by atoms with Gasteiger partial charge in [0.25, 0.3) is 0 Å². The number of nitrogens with zero attached hydrogens (tertiary/aromatic N) is 1. The van der Waals surface area contributed by atoms with E-state index in [9.17, 15) is 13.2 Å². The average molecular weight is 336 g/mol. The quantitative estimate of drug-likeness (QED) is 0.894. The number of benzene rings is 1. The maximum Gasteiger partial charge on any atom is 0.336 e. The number of rotatable bonds is 5. The number of carboxylic acid groups (broad SMARTS) is 1. The minimum atomic E-state index is -3.62. The second-order valence-electron chi connectivity index (χ2n) is 3.54. The summed E-state index contributed by atoms with van der Waals surface area (Å²) in [7, 11) is -3.62. The fraction of sp³-hybridized carbons (Fsp3) is 0.364. The molecule has 100 valence electrons. The Morgan fingerprint density at radius 2 is 1.89 bits per heavy atom. The van der Waals surface area contributed by atoms with Crippen LogP contribution in [0.1, 0.15) is 24.2 Å². The van der Waals surface area contributed by atoms with Gasteiger partial charge in [-0.05, 0) is 34.1 Å². The lowest BCUT2D eigenvalue weighted by molar-refractivity contribution is 0.0695. The molecule has 1 aromatic carbocycles. The van der Waals surface area contributed by atoms with Gasteiger partial charge in [-0.15, -0.1) is 0 Å². The summed E-state index contributed by atoms with van der Waals surface area (Å²) in [5, 5.41) is 8.97. The van der Waals surface area contributed by atoms with Gasteiger partial charge in [-0.2, -0.15) is 4.31 Å². The summed E-state index contributed by atoms with van der Waals surface area (Å²) in [5.41, 5.74) is -0.0665. The lowest BCUT2D eigenvalue weighted by atomic mass is 10.2. The van der Waals surface area contributed by atoms with Gasteiger partial charge in [0.15, 0.2) is 0 Å². The lowest BCUT2D eigenvalue weighted by Crippen LogP contribution is -2.30. The summed E-state index contributed by atoms with van der Waals surface area (Å²) in [6.07, 6.45) is 0. The van der Waals surface area contributed by atoms with Gasteiger partial charge in [-0.25, -0.2) is 13.2 Å². The number of hydrogen-bond acceptors (Lipinski definition) is 3. The molecule has 0 heterocycles. The molecule has 0 aliphatic rings. The standard InChI is InChI=1S/C11H14BrNO4S/c1-3-13(4-2)18(16,17)8-5-6-10(12)9(7-8)11(14)15/h5-7H,3-4H2,1-2H3,(H,14,15). The maximum absolute atomic E-state index is 12.2. The van der Waals surface area contributed by atoms with Crippen LogP contribution in [0, 0.1) is 0 Å². The van der Waals surface area contributed by atoms with Gasteiger partial charge in [-0.3, -0.25) is 0 Å². The third-order valence-electron chi connectivity index (χ3n) is 2.51. The van der Waals surface area contributed by atoms with Crippen LogP contribution in [0.3, 0.4) is 0 Å². The van der Waals surface area contributed by atoms with Gasteiger partial charge in [-0.1, -0.05) is 13.8 Å². The van der Waals surface area contributed by atoms with Crippen molar-refractivity contribution in [2.75, 3.05) is 13.1 Å². The zero-order valence-electron chi connectivity index (χ0n) is 10.1. The molecule has 0 amide bonds. The highest BCUT2D eigenvalue weighted by atomic mass is 79.9. The van der Waals surface area contributed by atoms with Crippen LogP contribution >= 0.6 is 15.9 Å². The molecule has 1 N–H and O–H groups in total. The summed E-state index contributed by atoms with van der Waals surface area (Å²) in [6, 6.07) is 3.99. The Kier molecular flexibility index (Phi) is 4.89. The molecule has 18 heavy (non-hydrogen) atoms. The van der Waals surface area contributed by atoms with Crippen LogP contribution in [0.2, 0.25) is 0 Å². The average Bonchev–Trinajstić information content (AvgIpc) is 2.30. The van der Waals surface area contributed by atoms with Crippen LogP contribution in [0.5, 0.6) is 0 Å². The van der Waals surface area contributed by atoms with E-state index in [-0.39, 0.29) is 10.5 Å². The molecular formula is C11H14BrNO4S. The molecule has 0 bridgehead atoms. The summed E-state index contributed by atoms with van der Waals surface area (Å²) in [6.45, 7) is 4.16. The molecule has 0 unspecified atom stereocenters. The van der Waals surface area contributed by atoms with E-state index in [0.717, 1.165) is 0 Å². The predicted octanol–water partition coefficient (Wildman–Crippen LogP) is 2.18. The Balaban J connectivity index is 3.34. The van der Waals surface area contributed by atoms with Crippen molar-refractivity contribution in [3.8, 4) is 0 Å². The molecule has 0 aliphatic heterocycles. The molecule has 0 aromatic heterocycles. The van der Waals surface area contributed by atoms with Crippen molar-refractivity contribution in [3.63, 3.8) is 0 Å². The van der Waals surface area contributed by atoms with E-state index in [4.69, 9.17) is 5.11 Å². The Hall–Kier alpha value is -0.920. The number of carbonyl (C=O) groups is 1. The predicted molar refractivity (Wildman–Crippen MR) is 71.2 cm³/mol. The molecule has 0 atom stereocenters. The summed E-state index contributed by atoms with van der Waals surface area (Å²) in [5.74, 6) is -1.17. The van der Waals surface area contributed by atoms with E-state index in [1.807, 2.05) is 0 Å². The largest absolute Gasteiger partial charge is 0.478 e. The first-order valence-electron chi connectivity index (χ1n) is 5.37. The topological polar surface area (TPSA) is 74.7 Å². The molecule has 0 spiro atoms. The van der Waals surface area contributed by atoms with Crippen molar-refractivity contribution in [2.24, 2.45) is 0 Å². The normalized spacial score (nSPS) is 11.8. The number of sulfonamides is 1. The highest BCUT2D eigenvalue weighted by Crippen LogP contribution is 2.23. The Morgan fingerprint density at radius 3 is 2.33 bits per heavy atom. The third kappa shape index (κ3) is 2.90. The Morgan fingerprint density at radius 1 is 1.33 bits per heavy atom. The molecule has 1 rings (SSSR count). The van der Waals surface area contributed by atoms with E-state index < -0.39 is 16.0 Å². The monoisotopic (exact) mass is 335 g/mol. The zero-order valence-corrected chi connectivity index (χ0v) is 12.5. The number of aromatic carboxylic acids is 1. The first kappa shape index (κ1) is 15.1. The van der Waals surface area contributed by atoms with E-state index in [1.54, 1.807) is 13.8 Å². The van der Waals surface area contributed by atoms with Crippen LogP contribution in [0.4, 0.5) is 0 Å². The third-order valence-corrected chi connectivity index (χ3v) is 5.25. The summed E-state index contributed by atoms with van der Waals surface area (Å²) >= 11 is 3.08. The van der Waals surface area contributed by atoms with Gasteiger partial charge < -0.3 is 5.11 Å². The molecule has 0 fully saturated rings. The van der Waals surface area contributed by atoms with Gasteiger partial charge in [0.2, 0.25) is 10.0 Å². The van der Waals surface area contributed by atoms with Crippen LogP contribution in [0.25, 0.3) is 0 Å². The van der Waals surface area contributed by atoms with Gasteiger partial charge in [0, 0.05) is 17.6 Å². The first-order chi connectivity index (χ1) is 8.34. The maximum atomic E-state index is 12.2. The molecule has 0 radical (unpaired) electrons. The fourth-order valence-electron chi connectivity index (χ4n) is 1.54. The van der Waals surface area contributed by atoms with Crippen LogP contribution in [-0.2, 0) is 10.0 Å². The number of carboxylic acids is 1. The molecule has 0 aliphatic carbocycles. The minimum Gasteiger partial charge on any atom is -0.478 e. The molecule has 5 nitrogen and oxygen atoms in total. The van der Waals surface area contributed by atoms with Crippen LogP contribution in [0.15, 0.2) is 27.6 Å². The number of halogens is 1. The molecule has 0 saturated heterocycles. The first-order valence-corrected chi connectivity index (χ1v) is 7.60. The smallest absolute Gasteiger partial charge is 0.336 e. The van der Waals surface area contributed by atoms with Crippen molar-refractivity contribution < 1.29 is 18.3 Å². The Bertz CT molecular complexity index is 552. The molecular weight excluding hydrogens is 322 g/mol. The zero-order chi connectivity index (χ0) is 13.9. The van der Waals surface area contributed by atoms with E-state index in [1.165, 1.54) is 22.5 Å². The van der Waals surface area contributed by atoms with Crippen molar-refractivity contribution in [1.82, 2.24) is 4.31 Å². The van der Waals surface area contributed by atoms with E-state index >= 15 is 0 Å². The Labute approximate surface area is 115 Å². The molecule has 1 aromatic rings. The van der Waals surface area contributed by atoms with E-state index in [2.05, 4.69) is 15.9 Å². The minimum absolute atomic E-state index is 0.00759.